The van der Waals surface area contributed by atoms with E-state index in [9.17, 15) is 4.79 Å². The molecular formula is C9H18IO4S-. The van der Waals surface area contributed by atoms with E-state index in [4.69, 9.17) is 12.0 Å². The molecule has 15 heavy (non-hydrogen) atoms. The Labute approximate surface area is 102 Å². The predicted molar refractivity (Wildman–Crippen MR) is 58.2 cm³/mol. The maximum atomic E-state index is 10.7. The van der Waals surface area contributed by atoms with Crippen LogP contribution in [0, 0.1) is 0 Å². The molecule has 0 bridgehead atoms. The van der Waals surface area contributed by atoms with E-state index in [0.29, 0.717) is 6.61 Å². The number of rotatable bonds is 8. The molecule has 0 amide bonds. The summed E-state index contributed by atoms with van der Waals surface area (Å²) in [5.41, 5.74) is 0. The summed E-state index contributed by atoms with van der Waals surface area (Å²) in [7, 11) is 2.35. The number of halogens is 1. The fourth-order valence-corrected chi connectivity index (χ4v) is 6.20. The van der Waals surface area contributed by atoms with Crippen molar-refractivity contribution in [1.82, 2.24) is 0 Å². The van der Waals surface area contributed by atoms with Gasteiger partial charge in [-0.2, -0.15) is 0 Å². The van der Waals surface area contributed by atoms with Gasteiger partial charge in [0.1, 0.15) is 0 Å². The molecule has 0 rings (SSSR count). The van der Waals surface area contributed by atoms with Crippen LogP contribution in [0.4, 0.5) is 0 Å². The second-order valence-electron chi connectivity index (χ2n) is 2.71. The second-order valence-corrected chi connectivity index (χ2v) is 12.9. The van der Waals surface area contributed by atoms with Crippen LogP contribution >= 0.6 is 7.48 Å². The van der Waals surface area contributed by atoms with Crippen molar-refractivity contribution in [1.29, 1.82) is 0 Å². The van der Waals surface area contributed by atoms with Crippen LogP contribution in [-0.2, 0) is 16.8 Å². The summed E-state index contributed by atoms with van der Waals surface area (Å²) in [6, 6.07) is 0. The second kappa shape index (κ2) is 8.37. The number of ether oxygens (including phenoxy) is 1. The van der Waals surface area contributed by atoms with Gasteiger partial charge >= 0.3 is 102 Å². The van der Waals surface area contributed by atoms with Gasteiger partial charge in [0.15, 0.2) is 0 Å². The van der Waals surface area contributed by atoms with Gasteiger partial charge in [-0.05, 0) is 0 Å². The molecule has 0 heterocycles. The third kappa shape index (κ3) is 7.15. The zero-order valence-electron chi connectivity index (χ0n) is 9.32. The van der Waals surface area contributed by atoms with Crippen LogP contribution in [0.25, 0.3) is 0 Å². The van der Waals surface area contributed by atoms with E-state index in [0.717, 1.165) is 12.2 Å². The quantitative estimate of drug-likeness (QED) is 0.236. The van der Waals surface area contributed by atoms with Crippen LogP contribution in [0.5, 0.6) is 0 Å². The molecule has 0 fully saturated rings. The standard InChI is InChI=1S/C9H18IO4S/c1-5-9(11)14-7-6-8-15(4,13-3)10-12-2/h5H,1,6-8H2,2-4H3/q-1. The average Bonchev–Trinajstić information content (AvgIpc) is 2.24. The molecule has 0 aromatic heterocycles. The number of esters is 1. The summed E-state index contributed by atoms with van der Waals surface area (Å²) in [5, 5.41) is 0. The van der Waals surface area contributed by atoms with Crippen molar-refractivity contribution in [3.8, 4) is 0 Å². The van der Waals surface area contributed by atoms with Crippen LogP contribution < -0.4 is 20.2 Å². The van der Waals surface area contributed by atoms with Crippen LogP contribution in [0.2, 0.25) is 0 Å². The number of hydrogen-bond donors (Lipinski definition) is 0. The summed E-state index contributed by atoms with van der Waals surface area (Å²) < 4.78 is 15.5. The topological polar surface area (TPSA) is 44.8 Å². The van der Waals surface area contributed by atoms with Crippen molar-refractivity contribution < 1.29 is 37.0 Å². The molecule has 1 atom stereocenters. The van der Waals surface area contributed by atoms with Gasteiger partial charge in [0.2, 0.25) is 0 Å². The van der Waals surface area contributed by atoms with Crippen LogP contribution in [-0.4, -0.2) is 38.8 Å². The predicted octanol–water partition coefficient (Wildman–Crippen LogP) is -1.33. The number of carbonyl (C=O) groups excluding carboxylic acids is 1. The first-order valence-corrected chi connectivity index (χ1v) is 9.94. The van der Waals surface area contributed by atoms with Crippen molar-refractivity contribution in [3.05, 3.63) is 12.7 Å². The fraction of sp³-hybridized carbons (Fsp3) is 0.667. The van der Waals surface area contributed by atoms with Gasteiger partial charge in [-0.1, -0.05) is 0 Å². The molecule has 0 aliphatic rings. The molecule has 0 spiro atoms. The van der Waals surface area contributed by atoms with Crippen LogP contribution in [0.3, 0.4) is 0 Å². The van der Waals surface area contributed by atoms with Gasteiger partial charge < -0.3 is 0 Å². The summed E-state index contributed by atoms with van der Waals surface area (Å²) in [5.74, 6) is 0.542. The first kappa shape index (κ1) is 15.2. The monoisotopic (exact) mass is 349 g/mol. The Bertz CT molecular complexity index is 212. The minimum absolute atomic E-state index is 0.359. The van der Waals surface area contributed by atoms with E-state index in [1.807, 2.05) is 0 Å². The van der Waals surface area contributed by atoms with E-state index in [1.54, 1.807) is 14.2 Å². The van der Waals surface area contributed by atoms with Gasteiger partial charge in [-0.3, -0.25) is 0 Å². The van der Waals surface area contributed by atoms with Crippen LogP contribution in [0.15, 0.2) is 12.7 Å². The van der Waals surface area contributed by atoms with Crippen molar-refractivity contribution >= 4 is 13.4 Å². The maximum absolute atomic E-state index is 10.7. The van der Waals surface area contributed by atoms with Crippen LogP contribution in [0.1, 0.15) is 6.42 Å². The van der Waals surface area contributed by atoms with E-state index in [-0.39, 0.29) is 26.2 Å². The first-order valence-electron chi connectivity index (χ1n) is 4.38. The molecular weight excluding hydrogens is 331 g/mol. The molecule has 92 valence electrons. The van der Waals surface area contributed by atoms with Gasteiger partial charge in [0, 0.05) is 0 Å². The Morgan fingerprint density at radius 1 is 1.53 bits per heavy atom. The Kier molecular flexibility index (Phi) is 8.49. The summed E-state index contributed by atoms with van der Waals surface area (Å²) in [6.45, 7) is 3.75. The molecule has 0 radical (unpaired) electrons. The van der Waals surface area contributed by atoms with Gasteiger partial charge in [0.05, 0.1) is 0 Å². The number of hydrogen-bond acceptors (Lipinski definition) is 4. The Morgan fingerprint density at radius 2 is 2.20 bits per heavy atom. The zero-order chi connectivity index (χ0) is 11.7. The minimum atomic E-state index is -1.06. The molecule has 0 aliphatic heterocycles. The van der Waals surface area contributed by atoms with Crippen molar-refractivity contribution in [2.45, 2.75) is 6.42 Å². The molecule has 4 nitrogen and oxygen atoms in total. The summed E-state index contributed by atoms with van der Waals surface area (Å²) in [6.07, 6.45) is 4.08. The van der Waals surface area contributed by atoms with E-state index >= 15 is 0 Å². The third-order valence-electron chi connectivity index (χ3n) is 1.61. The van der Waals surface area contributed by atoms with Gasteiger partial charge in [-0.25, -0.2) is 0 Å². The van der Waals surface area contributed by atoms with E-state index in [1.165, 1.54) is 6.08 Å². The SMILES string of the molecule is C=CC(=O)OCCCS(C)(OC)[I-]OC. The molecule has 0 saturated heterocycles. The van der Waals surface area contributed by atoms with Gasteiger partial charge in [-0.15, -0.1) is 0 Å². The Hall–Kier alpha value is 0.210. The average molecular weight is 349 g/mol. The van der Waals surface area contributed by atoms with E-state index < -0.39 is 7.48 Å². The molecule has 0 aromatic rings. The Balaban J connectivity index is 3.72. The summed E-state index contributed by atoms with van der Waals surface area (Å²) in [4.78, 5) is 10.7. The molecule has 6 heteroatoms. The Morgan fingerprint density at radius 3 is 2.67 bits per heavy atom. The normalized spacial score (nSPS) is 16.7. The molecule has 0 aromatic carbocycles. The third-order valence-corrected chi connectivity index (χ3v) is 9.47. The summed E-state index contributed by atoms with van der Waals surface area (Å²) >= 11 is -0.359. The van der Waals surface area contributed by atoms with Crippen molar-refractivity contribution in [3.63, 3.8) is 0 Å². The zero-order valence-corrected chi connectivity index (χ0v) is 12.3. The number of carbonyl (C=O) groups is 1. The van der Waals surface area contributed by atoms with Crippen molar-refractivity contribution in [2.24, 2.45) is 0 Å². The molecule has 1 unspecified atom stereocenters. The van der Waals surface area contributed by atoms with E-state index in [2.05, 4.69) is 12.8 Å². The first-order chi connectivity index (χ1) is 7.08. The molecule has 0 aliphatic carbocycles. The van der Waals surface area contributed by atoms with Crippen molar-refractivity contribution in [2.75, 3.05) is 32.8 Å². The molecule has 0 saturated carbocycles. The fourth-order valence-electron chi connectivity index (χ4n) is 0.822. The molecule has 0 N–H and O–H groups in total. The van der Waals surface area contributed by atoms with Gasteiger partial charge in [0.25, 0.3) is 0 Å².